The Hall–Kier alpha value is -2.04. The molecule has 5 nitrogen and oxygen atoms in total. The molecule has 1 saturated heterocycles. The second kappa shape index (κ2) is 4.57. The highest BCUT2D eigenvalue weighted by molar-refractivity contribution is 5.97. The first-order chi connectivity index (χ1) is 9.16. The molecule has 1 fully saturated rings. The number of likely N-dealkylation sites (tertiary alicyclic amines) is 1. The van der Waals surface area contributed by atoms with Crippen molar-refractivity contribution in [2.24, 2.45) is 7.05 Å². The number of aromatic nitrogens is 1. The second-order valence-corrected chi connectivity index (χ2v) is 4.96. The number of aryl methyl sites for hydroxylation is 1. The van der Waals surface area contributed by atoms with Gasteiger partial charge in [-0.2, -0.15) is 0 Å². The molecule has 0 spiro atoms. The molecule has 0 saturated carbocycles. The first kappa shape index (κ1) is 12.0. The van der Waals surface area contributed by atoms with Gasteiger partial charge in [-0.1, -0.05) is 0 Å². The van der Waals surface area contributed by atoms with E-state index < -0.39 is 5.76 Å². The summed E-state index contributed by atoms with van der Waals surface area (Å²) in [6.45, 7) is 1.63. The first-order valence-electron chi connectivity index (χ1n) is 6.56. The average molecular weight is 260 g/mol. The number of rotatable bonds is 1. The second-order valence-electron chi connectivity index (χ2n) is 4.96. The Kier molecular flexibility index (Phi) is 2.89. The van der Waals surface area contributed by atoms with E-state index in [1.165, 1.54) is 11.0 Å². The summed E-state index contributed by atoms with van der Waals surface area (Å²) in [4.78, 5) is 25.6. The number of hydrogen-bond donors (Lipinski definition) is 0. The van der Waals surface area contributed by atoms with Gasteiger partial charge in [-0.25, -0.2) is 4.79 Å². The monoisotopic (exact) mass is 260 g/mol. The Morgan fingerprint density at radius 3 is 2.68 bits per heavy atom. The van der Waals surface area contributed by atoms with E-state index in [2.05, 4.69) is 0 Å². The van der Waals surface area contributed by atoms with Gasteiger partial charge in [0, 0.05) is 25.7 Å². The molecule has 19 heavy (non-hydrogen) atoms. The molecule has 2 heterocycles. The molecule has 1 aromatic heterocycles. The lowest BCUT2D eigenvalue weighted by molar-refractivity contribution is 0.0724. The van der Waals surface area contributed by atoms with Crippen LogP contribution >= 0.6 is 0 Å². The van der Waals surface area contributed by atoms with Crippen LogP contribution < -0.4 is 5.76 Å². The van der Waals surface area contributed by atoms with E-state index in [1.807, 2.05) is 4.90 Å². The Balaban J connectivity index is 1.96. The number of carbonyl (C=O) groups is 1. The minimum atomic E-state index is -0.405. The maximum atomic E-state index is 12.3. The number of fused-ring (bicyclic) bond motifs is 1. The molecule has 1 aliphatic heterocycles. The van der Waals surface area contributed by atoms with Gasteiger partial charge in [0.1, 0.15) is 0 Å². The number of piperidine rings is 1. The first-order valence-corrected chi connectivity index (χ1v) is 6.56. The smallest absolute Gasteiger partial charge is 0.408 e. The SMILES string of the molecule is Cn1c(=O)oc2cc(C(=O)N3CCCCC3)ccc21. The van der Waals surface area contributed by atoms with E-state index in [1.54, 1.807) is 25.2 Å². The summed E-state index contributed by atoms with van der Waals surface area (Å²) in [5.41, 5.74) is 1.76. The topological polar surface area (TPSA) is 55.5 Å². The summed E-state index contributed by atoms with van der Waals surface area (Å²) >= 11 is 0. The van der Waals surface area contributed by atoms with E-state index in [0.29, 0.717) is 16.7 Å². The van der Waals surface area contributed by atoms with Crippen molar-refractivity contribution < 1.29 is 9.21 Å². The van der Waals surface area contributed by atoms with Crippen molar-refractivity contribution in [1.29, 1.82) is 0 Å². The lowest BCUT2D eigenvalue weighted by Crippen LogP contribution is -2.35. The third-order valence-corrected chi connectivity index (χ3v) is 3.68. The highest BCUT2D eigenvalue weighted by atomic mass is 16.4. The molecular formula is C14H16N2O3. The van der Waals surface area contributed by atoms with Crippen molar-refractivity contribution in [2.45, 2.75) is 19.3 Å². The fourth-order valence-corrected chi connectivity index (χ4v) is 2.55. The average Bonchev–Trinajstić information content (AvgIpc) is 2.74. The molecule has 0 radical (unpaired) electrons. The largest absolute Gasteiger partial charge is 0.419 e. The summed E-state index contributed by atoms with van der Waals surface area (Å²) in [6.07, 6.45) is 3.32. The van der Waals surface area contributed by atoms with Gasteiger partial charge in [0.05, 0.1) is 5.52 Å². The highest BCUT2D eigenvalue weighted by Crippen LogP contribution is 2.18. The summed E-state index contributed by atoms with van der Waals surface area (Å²) in [7, 11) is 1.65. The number of hydrogen-bond acceptors (Lipinski definition) is 3. The van der Waals surface area contributed by atoms with Crippen LogP contribution in [0.15, 0.2) is 27.4 Å². The molecule has 0 aliphatic carbocycles. The lowest BCUT2D eigenvalue weighted by Gasteiger charge is -2.26. The highest BCUT2D eigenvalue weighted by Gasteiger charge is 2.19. The van der Waals surface area contributed by atoms with Crippen molar-refractivity contribution in [3.63, 3.8) is 0 Å². The predicted molar refractivity (Wildman–Crippen MR) is 71.2 cm³/mol. The van der Waals surface area contributed by atoms with Crippen LogP contribution in [0.4, 0.5) is 0 Å². The van der Waals surface area contributed by atoms with Crippen molar-refractivity contribution in [2.75, 3.05) is 13.1 Å². The minimum absolute atomic E-state index is 0.0214. The maximum absolute atomic E-state index is 12.3. The molecule has 5 heteroatoms. The van der Waals surface area contributed by atoms with E-state index in [4.69, 9.17) is 4.42 Å². The van der Waals surface area contributed by atoms with Crippen LogP contribution in [0.3, 0.4) is 0 Å². The van der Waals surface area contributed by atoms with Crippen molar-refractivity contribution in [3.8, 4) is 0 Å². The number of carbonyl (C=O) groups excluding carboxylic acids is 1. The van der Waals surface area contributed by atoms with E-state index >= 15 is 0 Å². The third kappa shape index (κ3) is 2.05. The summed E-state index contributed by atoms with van der Waals surface area (Å²) in [6, 6.07) is 5.18. The van der Waals surface area contributed by atoms with Crippen LogP contribution in [0.5, 0.6) is 0 Å². The minimum Gasteiger partial charge on any atom is -0.408 e. The van der Waals surface area contributed by atoms with Crippen molar-refractivity contribution in [3.05, 3.63) is 34.3 Å². The van der Waals surface area contributed by atoms with Crippen LogP contribution in [0.25, 0.3) is 11.1 Å². The molecule has 2 aromatic rings. The zero-order chi connectivity index (χ0) is 13.4. The van der Waals surface area contributed by atoms with Gasteiger partial charge in [0.15, 0.2) is 5.58 Å². The molecule has 0 bridgehead atoms. The molecule has 0 atom stereocenters. The standard InChI is InChI=1S/C14H16N2O3/c1-15-11-6-5-10(9-12(11)19-14(15)18)13(17)16-7-3-2-4-8-16/h5-6,9H,2-4,7-8H2,1H3. The maximum Gasteiger partial charge on any atom is 0.419 e. The van der Waals surface area contributed by atoms with Crippen LogP contribution in [0.1, 0.15) is 29.6 Å². The van der Waals surface area contributed by atoms with Crippen molar-refractivity contribution >= 4 is 17.0 Å². The van der Waals surface area contributed by atoms with Gasteiger partial charge in [-0.3, -0.25) is 9.36 Å². The zero-order valence-corrected chi connectivity index (χ0v) is 10.9. The van der Waals surface area contributed by atoms with E-state index in [9.17, 15) is 9.59 Å². The summed E-state index contributed by atoms with van der Waals surface area (Å²) in [5.74, 6) is -0.384. The number of oxazole rings is 1. The van der Waals surface area contributed by atoms with Gasteiger partial charge in [0.2, 0.25) is 0 Å². The van der Waals surface area contributed by atoms with Crippen LogP contribution in [0, 0.1) is 0 Å². The number of amides is 1. The van der Waals surface area contributed by atoms with Crippen LogP contribution in [0.2, 0.25) is 0 Å². The molecular weight excluding hydrogens is 244 g/mol. The normalized spacial score (nSPS) is 15.9. The predicted octanol–water partition coefficient (Wildman–Crippen LogP) is 1.76. The summed E-state index contributed by atoms with van der Waals surface area (Å²) in [5, 5.41) is 0. The molecule has 1 aliphatic rings. The number of nitrogens with zero attached hydrogens (tertiary/aromatic N) is 2. The molecule has 100 valence electrons. The molecule has 1 aromatic carbocycles. The van der Waals surface area contributed by atoms with Crippen molar-refractivity contribution in [1.82, 2.24) is 9.47 Å². The van der Waals surface area contributed by atoms with Gasteiger partial charge in [-0.05, 0) is 37.5 Å². The van der Waals surface area contributed by atoms with Gasteiger partial charge in [-0.15, -0.1) is 0 Å². The van der Waals surface area contributed by atoms with Crippen LogP contribution in [-0.4, -0.2) is 28.5 Å². The molecule has 3 rings (SSSR count). The van der Waals surface area contributed by atoms with Gasteiger partial charge < -0.3 is 9.32 Å². The quantitative estimate of drug-likeness (QED) is 0.785. The Morgan fingerprint density at radius 1 is 1.21 bits per heavy atom. The van der Waals surface area contributed by atoms with Gasteiger partial charge in [0.25, 0.3) is 5.91 Å². The number of benzene rings is 1. The Labute approximate surface area is 110 Å². The Bertz CT molecular complexity index is 678. The molecule has 0 unspecified atom stereocenters. The van der Waals surface area contributed by atoms with Crippen LogP contribution in [-0.2, 0) is 7.05 Å². The van der Waals surface area contributed by atoms with E-state index in [0.717, 1.165) is 25.9 Å². The lowest BCUT2D eigenvalue weighted by atomic mass is 10.1. The fourth-order valence-electron chi connectivity index (χ4n) is 2.55. The van der Waals surface area contributed by atoms with E-state index in [-0.39, 0.29) is 5.91 Å². The summed E-state index contributed by atoms with van der Waals surface area (Å²) < 4.78 is 6.55. The fraction of sp³-hybridized carbons (Fsp3) is 0.429. The molecule has 1 amide bonds. The molecule has 0 N–H and O–H groups in total. The van der Waals surface area contributed by atoms with Gasteiger partial charge >= 0.3 is 5.76 Å². The zero-order valence-electron chi connectivity index (χ0n) is 10.9. The Morgan fingerprint density at radius 2 is 1.95 bits per heavy atom. The third-order valence-electron chi connectivity index (χ3n) is 3.68.